The molecule has 1 N–H and O–H groups in total. The fourth-order valence-corrected chi connectivity index (χ4v) is 2.68. The van der Waals surface area contributed by atoms with Crippen LogP contribution in [0.2, 0.25) is 0 Å². The lowest BCUT2D eigenvalue weighted by Gasteiger charge is -2.12. The minimum Gasteiger partial charge on any atom is -0.493 e. The molecule has 1 amide bonds. The Balaban J connectivity index is 2.07. The fourth-order valence-electron chi connectivity index (χ4n) is 2.01. The molecule has 2 aromatic rings. The number of benzene rings is 1. The molecule has 0 saturated carbocycles. The average Bonchev–Trinajstić information content (AvgIpc) is 3.10. The zero-order valence-electron chi connectivity index (χ0n) is 13.3. The zero-order valence-corrected chi connectivity index (χ0v) is 14.1. The second kappa shape index (κ2) is 8.24. The third kappa shape index (κ3) is 4.50. The monoisotopic (exact) mass is 333 g/mol. The van der Waals surface area contributed by atoms with E-state index in [2.05, 4.69) is 5.32 Å². The standard InChI is InChI=1S/C17H19NO4S/c1-20-14-8-12(9-15(21-2)17(14)22-3)4-5-16(19)18-10-13-6-7-23-11-13/h4-9,11H,10H2,1-3H3,(H,18,19)/b5-4+. The Morgan fingerprint density at radius 2 is 1.87 bits per heavy atom. The molecule has 23 heavy (non-hydrogen) atoms. The highest BCUT2D eigenvalue weighted by atomic mass is 32.1. The van der Waals surface area contributed by atoms with E-state index in [4.69, 9.17) is 14.2 Å². The van der Waals surface area contributed by atoms with E-state index < -0.39 is 0 Å². The summed E-state index contributed by atoms with van der Waals surface area (Å²) >= 11 is 1.60. The number of thiophene rings is 1. The molecular weight excluding hydrogens is 314 g/mol. The van der Waals surface area contributed by atoms with E-state index in [0.29, 0.717) is 23.8 Å². The molecule has 0 unspecified atom stereocenters. The van der Waals surface area contributed by atoms with Gasteiger partial charge in [-0.05, 0) is 46.2 Å². The number of ether oxygens (including phenoxy) is 3. The van der Waals surface area contributed by atoms with Gasteiger partial charge in [0, 0.05) is 12.6 Å². The van der Waals surface area contributed by atoms with Crippen molar-refractivity contribution >= 4 is 23.3 Å². The van der Waals surface area contributed by atoms with Crippen LogP contribution in [0.1, 0.15) is 11.1 Å². The van der Waals surface area contributed by atoms with Gasteiger partial charge in [0.15, 0.2) is 11.5 Å². The summed E-state index contributed by atoms with van der Waals surface area (Å²) in [5, 5.41) is 6.81. The van der Waals surface area contributed by atoms with Crippen molar-refractivity contribution in [2.45, 2.75) is 6.54 Å². The van der Waals surface area contributed by atoms with Crippen molar-refractivity contribution in [3.63, 3.8) is 0 Å². The first-order chi connectivity index (χ1) is 11.2. The van der Waals surface area contributed by atoms with Crippen molar-refractivity contribution in [2.24, 2.45) is 0 Å². The summed E-state index contributed by atoms with van der Waals surface area (Å²) in [4.78, 5) is 11.9. The molecular formula is C17H19NO4S. The van der Waals surface area contributed by atoms with Gasteiger partial charge < -0.3 is 19.5 Å². The second-order valence-corrected chi connectivity index (χ2v) is 5.42. The van der Waals surface area contributed by atoms with Crippen LogP contribution >= 0.6 is 11.3 Å². The Hall–Kier alpha value is -2.47. The van der Waals surface area contributed by atoms with Crippen LogP contribution in [-0.2, 0) is 11.3 Å². The van der Waals surface area contributed by atoms with Crippen molar-refractivity contribution in [1.29, 1.82) is 0 Å². The highest BCUT2D eigenvalue weighted by Gasteiger charge is 2.12. The second-order valence-electron chi connectivity index (χ2n) is 4.64. The first-order valence-corrected chi connectivity index (χ1v) is 7.89. The maximum atomic E-state index is 11.9. The SMILES string of the molecule is COc1cc(/C=C/C(=O)NCc2ccsc2)cc(OC)c1OC. The lowest BCUT2D eigenvalue weighted by molar-refractivity contribution is -0.116. The number of rotatable bonds is 7. The Bertz CT molecular complexity index is 655. The maximum absolute atomic E-state index is 11.9. The van der Waals surface area contributed by atoms with E-state index in [1.807, 2.05) is 16.8 Å². The lowest BCUT2D eigenvalue weighted by atomic mass is 10.1. The van der Waals surface area contributed by atoms with Crippen molar-refractivity contribution < 1.29 is 19.0 Å². The molecule has 5 nitrogen and oxygen atoms in total. The molecule has 1 heterocycles. The van der Waals surface area contributed by atoms with E-state index in [9.17, 15) is 4.79 Å². The quantitative estimate of drug-likeness (QED) is 0.791. The van der Waals surface area contributed by atoms with Gasteiger partial charge in [-0.1, -0.05) is 0 Å². The summed E-state index contributed by atoms with van der Waals surface area (Å²) in [6.07, 6.45) is 3.18. The molecule has 0 fully saturated rings. The summed E-state index contributed by atoms with van der Waals surface area (Å²) in [6, 6.07) is 5.54. The Kier molecular flexibility index (Phi) is 6.05. The third-order valence-corrected chi connectivity index (χ3v) is 3.89. The zero-order chi connectivity index (χ0) is 16.7. The first kappa shape index (κ1) is 16.9. The van der Waals surface area contributed by atoms with Gasteiger partial charge in [-0.25, -0.2) is 0 Å². The Labute approximate surface area is 139 Å². The van der Waals surface area contributed by atoms with Gasteiger partial charge in [0.2, 0.25) is 11.7 Å². The Morgan fingerprint density at radius 1 is 1.17 bits per heavy atom. The molecule has 122 valence electrons. The minimum absolute atomic E-state index is 0.162. The average molecular weight is 333 g/mol. The molecule has 0 bridgehead atoms. The summed E-state index contributed by atoms with van der Waals surface area (Å²) < 4.78 is 15.8. The van der Waals surface area contributed by atoms with E-state index >= 15 is 0 Å². The van der Waals surface area contributed by atoms with Crippen LogP contribution < -0.4 is 19.5 Å². The Morgan fingerprint density at radius 3 is 2.39 bits per heavy atom. The van der Waals surface area contributed by atoms with Gasteiger partial charge in [0.05, 0.1) is 21.3 Å². The first-order valence-electron chi connectivity index (χ1n) is 6.95. The van der Waals surface area contributed by atoms with Gasteiger partial charge >= 0.3 is 0 Å². The molecule has 0 aliphatic heterocycles. The van der Waals surface area contributed by atoms with E-state index in [1.165, 1.54) is 6.08 Å². The van der Waals surface area contributed by atoms with Crippen molar-refractivity contribution in [2.75, 3.05) is 21.3 Å². The van der Waals surface area contributed by atoms with Crippen LogP contribution in [-0.4, -0.2) is 27.2 Å². The topological polar surface area (TPSA) is 56.8 Å². The third-order valence-electron chi connectivity index (χ3n) is 3.16. The molecule has 1 aromatic heterocycles. The number of hydrogen-bond acceptors (Lipinski definition) is 5. The van der Waals surface area contributed by atoms with Gasteiger partial charge in [0.25, 0.3) is 0 Å². The van der Waals surface area contributed by atoms with Crippen molar-refractivity contribution in [3.8, 4) is 17.2 Å². The number of carbonyl (C=O) groups excluding carboxylic acids is 1. The van der Waals surface area contributed by atoms with Gasteiger partial charge in [-0.2, -0.15) is 11.3 Å². The summed E-state index contributed by atoms with van der Waals surface area (Å²) in [5.74, 6) is 1.45. The van der Waals surface area contributed by atoms with Gasteiger partial charge in [-0.3, -0.25) is 4.79 Å². The largest absolute Gasteiger partial charge is 0.493 e. The number of methoxy groups -OCH3 is 3. The minimum atomic E-state index is -0.162. The maximum Gasteiger partial charge on any atom is 0.244 e. The van der Waals surface area contributed by atoms with Crippen LogP contribution in [0, 0.1) is 0 Å². The molecule has 2 rings (SSSR count). The van der Waals surface area contributed by atoms with E-state index in [0.717, 1.165) is 11.1 Å². The molecule has 1 aromatic carbocycles. The van der Waals surface area contributed by atoms with Crippen LogP contribution in [0.4, 0.5) is 0 Å². The van der Waals surface area contributed by atoms with Crippen molar-refractivity contribution in [1.82, 2.24) is 5.32 Å². The predicted molar refractivity (Wildman–Crippen MR) is 91.3 cm³/mol. The van der Waals surface area contributed by atoms with Crippen LogP contribution in [0.15, 0.2) is 35.0 Å². The molecule has 6 heteroatoms. The molecule has 0 aliphatic carbocycles. The molecule has 0 spiro atoms. The molecule has 0 radical (unpaired) electrons. The van der Waals surface area contributed by atoms with E-state index in [1.54, 1.807) is 50.9 Å². The van der Waals surface area contributed by atoms with Crippen LogP contribution in [0.3, 0.4) is 0 Å². The number of hydrogen-bond donors (Lipinski definition) is 1. The summed E-state index contributed by atoms with van der Waals surface area (Å²) in [5.41, 5.74) is 1.87. The molecule has 0 saturated heterocycles. The number of carbonyl (C=O) groups is 1. The normalized spacial score (nSPS) is 10.6. The predicted octanol–water partition coefficient (Wildman–Crippen LogP) is 3.10. The van der Waals surface area contributed by atoms with Crippen LogP contribution in [0.5, 0.6) is 17.2 Å². The van der Waals surface area contributed by atoms with E-state index in [-0.39, 0.29) is 5.91 Å². The van der Waals surface area contributed by atoms with Gasteiger partial charge in [-0.15, -0.1) is 0 Å². The lowest BCUT2D eigenvalue weighted by Crippen LogP contribution is -2.19. The number of amides is 1. The smallest absolute Gasteiger partial charge is 0.244 e. The highest BCUT2D eigenvalue weighted by Crippen LogP contribution is 2.38. The summed E-state index contributed by atoms with van der Waals surface area (Å²) in [6.45, 7) is 0.516. The van der Waals surface area contributed by atoms with Crippen molar-refractivity contribution in [3.05, 3.63) is 46.2 Å². The highest BCUT2D eigenvalue weighted by molar-refractivity contribution is 7.07. The van der Waals surface area contributed by atoms with Crippen LogP contribution in [0.25, 0.3) is 6.08 Å². The fraction of sp³-hybridized carbons (Fsp3) is 0.235. The number of nitrogens with one attached hydrogen (secondary N) is 1. The van der Waals surface area contributed by atoms with Gasteiger partial charge in [0.1, 0.15) is 0 Å². The summed E-state index contributed by atoms with van der Waals surface area (Å²) in [7, 11) is 4.66. The molecule has 0 aliphatic rings. The molecule has 0 atom stereocenters.